The number of nitrogens with zero attached hydrogens (tertiary/aromatic N) is 1. The van der Waals surface area contributed by atoms with E-state index >= 15 is 0 Å². The number of hydrazone groups is 1. The van der Waals surface area contributed by atoms with Crippen LogP contribution >= 0.6 is 0 Å². The number of nitrogens with one attached hydrogen (secondary N) is 2. The number of aliphatic carboxylic acids is 1. The summed E-state index contributed by atoms with van der Waals surface area (Å²) >= 11 is 0. The zero-order valence-electron chi connectivity index (χ0n) is 14.3. The summed E-state index contributed by atoms with van der Waals surface area (Å²) in [6, 6.07) is 13.0. The van der Waals surface area contributed by atoms with E-state index in [0.717, 1.165) is 0 Å². The van der Waals surface area contributed by atoms with Crippen molar-refractivity contribution in [3.8, 4) is 11.5 Å². The van der Waals surface area contributed by atoms with Crippen LogP contribution in [0.4, 0.5) is 5.69 Å². The number of hydrogen-bond acceptors (Lipinski definition) is 6. The summed E-state index contributed by atoms with van der Waals surface area (Å²) in [6.45, 7) is -0.514. The van der Waals surface area contributed by atoms with Gasteiger partial charge in [0, 0.05) is 17.3 Å². The lowest BCUT2D eigenvalue weighted by Gasteiger charge is -2.07. The van der Waals surface area contributed by atoms with Crippen molar-refractivity contribution in [2.75, 3.05) is 19.0 Å². The number of anilines is 1. The summed E-state index contributed by atoms with van der Waals surface area (Å²) in [5.74, 6) is -2.19. The maximum Gasteiger partial charge on any atom is 0.341 e. The molecule has 0 unspecified atom stereocenters. The molecule has 0 aromatic heterocycles. The summed E-state index contributed by atoms with van der Waals surface area (Å²) in [5, 5.41) is 14.8. The predicted octanol–water partition coefficient (Wildman–Crippen LogP) is 1.25. The number of benzene rings is 2. The molecule has 0 fully saturated rings. The lowest BCUT2D eigenvalue weighted by Crippen LogP contribution is -2.32. The molecule has 9 heteroatoms. The Morgan fingerprint density at radius 2 is 1.89 bits per heavy atom. The van der Waals surface area contributed by atoms with Gasteiger partial charge in [0.1, 0.15) is 11.5 Å². The molecule has 0 bridgehead atoms. The van der Waals surface area contributed by atoms with Crippen molar-refractivity contribution in [2.24, 2.45) is 5.10 Å². The van der Waals surface area contributed by atoms with Gasteiger partial charge in [0.05, 0.1) is 13.3 Å². The zero-order valence-corrected chi connectivity index (χ0v) is 14.3. The first-order valence-corrected chi connectivity index (χ1v) is 7.71. The number of carbonyl (C=O) groups excluding carboxylic acids is 2. The quantitative estimate of drug-likeness (QED) is 0.382. The van der Waals surface area contributed by atoms with Crippen molar-refractivity contribution in [2.45, 2.75) is 0 Å². The van der Waals surface area contributed by atoms with E-state index in [1.54, 1.807) is 48.5 Å². The Bertz CT molecular complexity index is 866. The zero-order chi connectivity index (χ0) is 19.6. The third kappa shape index (κ3) is 6.16. The summed E-state index contributed by atoms with van der Waals surface area (Å²) in [5.41, 5.74) is 2.92. The van der Waals surface area contributed by atoms with E-state index in [4.69, 9.17) is 14.6 Å². The van der Waals surface area contributed by atoms with Crippen molar-refractivity contribution in [1.82, 2.24) is 5.43 Å². The van der Waals surface area contributed by atoms with Gasteiger partial charge in [-0.2, -0.15) is 5.10 Å². The first kappa shape index (κ1) is 19.4. The molecule has 0 atom stereocenters. The maximum atomic E-state index is 11.9. The van der Waals surface area contributed by atoms with Gasteiger partial charge in [-0.3, -0.25) is 9.59 Å². The number of para-hydroxylation sites is 1. The van der Waals surface area contributed by atoms with E-state index in [9.17, 15) is 14.4 Å². The lowest BCUT2D eigenvalue weighted by atomic mass is 10.2. The number of rotatable bonds is 7. The second-order valence-corrected chi connectivity index (χ2v) is 5.11. The smallest absolute Gasteiger partial charge is 0.341 e. The second-order valence-electron chi connectivity index (χ2n) is 5.11. The highest BCUT2D eigenvalue weighted by Crippen LogP contribution is 2.17. The number of carbonyl (C=O) groups is 3. The molecule has 0 aliphatic heterocycles. The molecule has 0 saturated carbocycles. The van der Waals surface area contributed by atoms with E-state index in [-0.39, 0.29) is 5.75 Å². The van der Waals surface area contributed by atoms with Crippen molar-refractivity contribution in [1.29, 1.82) is 0 Å². The fraction of sp³-hybridized carbons (Fsp3) is 0.111. The highest BCUT2D eigenvalue weighted by molar-refractivity contribution is 6.39. The third-order valence-corrected chi connectivity index (χ3v) is 3.17. The average Bonchev–Trinajstić information content (AvgIpc) is 2.67. The van der Waals surface area contributed by atoms with Crippen LogP contribution in [0.25, 0.3) is 0 Å². The number of amides is 2. The molecule has 0 spiro atoms. The van der Waals surface area contributed by atoms with Gasteiger partial charge >= 0.3 is 17.8 Å². The fourth-order valence-corrected chi connectivity index (χ4v) is 1.96. The Hall–Kier alpha value is -3.88. The molecule has 2 amide bonds. The molecule has 140 valence electrons. The molecular formula is C18H17N3O6. The Morgan fingerprint density at radius 1 is 1.11 bits per heavy atom. The van der Waals surface area contributed by atoms with Gasteiger partial charge < -0.3 is 19.9 Å². The molecule has 0 saturated heterocycles. The van der Waals surface area contributed by atoms with Crippen molar-refractivity contribution < 1.29 is 29.0 Å². The number of hydrogen-bond donors (Lipinski definition) is 3. The molecule has 0 aliphatic carbocycles. The van der Waals surface area contributed by atoms with E-state index in [1.807, 2.05) is 0 Å². The van der Waals surface area contributed by atoms with E-state index < -0.39 is 24.4 Å². The largest absolute Gasteiger partial charge is 0.497 e. The standard InChI is InChI=1S/C18H17N3O6/c1-26-14-7-4-6-13(9-14)20-17(24)18(25)21-19-10-12-5-2-3-8-15(12)27-11-16(22)23/h2-10H,11H2,1H3,(H,20,24)(H,21,25)(H,22,23)/b19-10+. The molecule has 2 aromatic carbocycles. The van der Waals surface area contributed by atoms with Gasteiger partial charge in [-0.1, -0.05) is 18.2 Å². The van der Waals surface area contributed by atoms with Crippen LogP contribution in [0, 0.1) is 0 Å². The molecule has 3 N–H and O–H groups in total. The minimum atomic E-state index is -1.12. The number of methoxy groups -OCH3 is 1. The number of carboxylic acids is 1. The Morgan fingerprint density at radius 3 is 2.63 bits per heavy atom. The predicted molar refractivity (Wildman–Crippen MR) is 96.9 cm³/mol. The van der Waals surface area contributed by atoms with Crippen LogP contribution in [0.1, 0.15) is 5.56 Å². The maximum absolute atomic E-state index is 11.9. The molecule has 0 aliphatic rings. The van der Waals surface area contributed by atoms with Gasteiger partial charge in [-0.25, -0.2) is 10.2 Å². The van der Waals surface area contributed by atoms with E-state index in [1.165, 1.54) is 13.3 Å². The van der Waals surface area contributed by atoms with Gasteiger partial charge in [-0.15, -0.1) is 0 Å². The Kier molecular flexibility index (Phi) is 6.89. The minimum Gasteiger partial charge on any atom is -0.497 e. The third-order valence-electron chi connectivity index (χ3n) is 3.17. The lowest BCUT2D eigenvalue weighted by molar-refractivity contribution is -0.139. The summed E-state index contributed by atoms with van der Waals surface area (Å²) in [4.78, 5) is 34.3. The van der Waals surface area contributed by atoms with Crippen LogP contribution in [-0.2, 0) is 14.4 Å². The molecule has 2 rings (SSSR count). The number of carboxylic acid groups (broad SMARTS) is 1. The van der Waals surface area contributed by atoms with Gasteiger partial charge in [0.15, 0.2) is 6.61 Å². The summed E-state index contributed by atoms with van der Waals surface area (Å²) in [6.07, 6.45) is 1.24. The van der Waals surface area contributed by atoms with Crippen molar-refractivity contribution >= 4 is 29.7 Å². The summed E-state index contributed by atoms with van der Waals surface area (Å²) < 4.78 is 10.1. The topological polar surface area (TPSA) is 126 Å². The SMILES string of the molecule is COc1cccc(NC(=O)C(=O)N/N=C/c2ccccc2OCC(=O)O)c1. The van der Waals surface area contributed by atoms with Crippen molar-refractivity contribution in [3.63, 3.8) is 0 Å². The Labute approximate surface area is 154 Å². The molecule has 0 radical (unpaired) electrons. The van der Waals surface area contributed by atoms with Crippen LogP contribution in [-0.4, -0.2) is 42.8 Å². The molecule has 2 aromatic rings. The van der Waals surface area contributed by atoms with Crippen LogP contribution in [0.15, 0.2) is 53.6 Å². The molecule has 9 nitrogen and oxygen atoms in total. The van der Waals surface area contributed by atoms with Gasteiger partial charge in [-0.05, 0) is 24.3 Å². The van der Waals surface area contributed by atoms with E-state index in [0.29, 0.717) is 17.0 Å². The minimum absolute atomic E-state index is 0.277. The normalized spacial score (nSPS) is 10.3. The fourth-order valence-electron chi connectivity index (χ4n) is 1.96. The monoisotopic (exact) mass is 371 g/mol. The molecule has 0 heterocycles. The van der Waals surface area contributed by atoms with Gasteiger partial charge in [0.2, 0.25) is 0 Å². The van der Waals surface area contributed by atoms with Crippen molar-refractivity contribution in [3.05, 3.63) is 54.1 Å². The average molecular weight is 371 g/mol. The second kappa shape index (κ2) is 9.56. The van der Waals surface area contributed by atoms with E-state index in [2.05, 4.69) is 15.8 Å². The van der Waals surface area contributed by atoms with Crippen LogP contribution in [0.3, 0.4) is 0 Å². The highest BCUT2D eigenvalue weighted by atomic mass is 16.5. The highest BCUT2D eigenvalue weighted by Gasteiger charge is 2.13. The first-order valence-electron chi connectivity index (χ1n) is 7.71. The van der Waals surface area contributed by atoms with Crippen LogP contribution in [0.5, 0.6) is 11.5 Å². The Balaban J connectivity index is 1.94. The molecule has 27 heavy (non-hydrogen) atoms. The summed E-state index contributed by atoms with van der Waals surface area (Å²) in [7, 11) is 1.49. The molecular weight excluding hydrogens is 354 g/mol. The van der Waals surface area contributed by atoms with Crippen LogP contribution in [0.2, 0.25) is 0 Å². The first-order chi connectivity index (χ1) is 13.0. The van der Waals surface area contributed by atoms with Gasteiger partial charge in [0.25, 0.3) is 0 Å². The number of ether oxygens (including phenoxy) is 2. The van der Waals surface area contributed by atoms with Crippen LogP contribution < -0.4 is 20.2 Å².